The standard InChI is InChI=1S/C27H27N3O3/c31-25(22-13-15-23(16-14-22)29-26(32)20-8-2-1-3-9-20)28-18-19-7-6-12-24(17-19)30-27(33)21-10-4-5-11-21/h1-3,6-9,12-17,21H,4-5,10-11,18H2,(H,28,31)(H,29,32)(H,30,33). The highest BCUT2D eigenvalue weighted by Gasteiger charge is 2.22. The zero-order chi connectivity index (χ0) is 23.0. The highest BCUT2D eigenvalue weighted by molar-refractivity contribution is 6.04. The van der Waals surface area contributed by atoms with Gasteiger partial charge in [0.15, 0.2) is 0 Å². The lowest BCUT2D eigenvalue weighted by atomic mass is 10.1. The molecule has 6 heteroatoms. The molecule has 4 rings (SSSR count). The van der Waals surface area contributed by atoms with Crippen molar-refractivity contribution in [3.05, 3.63) is 95.6 Å². The van der Waals surface area contributed by atoms with Gasteiger partial charge >= 0.3 is 0 Å². The summed E-state index contributed by atoms with van der Waals surface area (Å²) in [6.07, 6.45) is 4.14. The quantitative estimate of drug-likeness (QED) is 0.482. The molecular formula is C27H27N3O3. The lowest BCUT2D eigenvalue weighted by Gasteiger charge is -2.12. The van der Waals surface area contributed by atoms with E-state index in [2.05, 4.69) is 16.0 Å². The van der Waals surface area contributed by atoms with Crippen LogP contribution in [0.4, 0.5) is 11.4 Å². The van der Waals surface area contributed by atoms with Crippen LogP contribution in [0.25, 0.3) is 0 Å². The predicted octanol–water partition coefficient (Wildman–Crippen LogP) is 5.00. The Labute approximate surface area is 193 Å². The molecule has 0 aliphatic heterocycles. The third-order valence-corrected chi connectivity index (χ3v) is 5.81. The number of carbonyl (C=O) groups excluding carboxylic acids is 3. The number of hydrogen-bond donors (Lipinski definition) is 3. The van der Waals surface area contributed by atoms with Gasteiger partial charge in [-0.2, -0.15) is 0 Å². The number of hydrogen-bond acceptors (Lipinski definition) is 3. The summed E-state index contributed by atoms with van der Waals surface area (Å²) >= 11 is 0. The van der Waals surface area contributed by atoms with Gasteiger partial charge in [0, 0.05) is 35.0 Å². The maximum Gasteiger partial charge on any atom is 0.255 e. The second-order valence-corrected chi connectivity index (χ2v) is 8.25. The first-order chi connectivity index (χ1) is 16.1. The van der Waals surface area contributed by atoms with Crippen LogP contribution in [-0.2, 0) is 11.3 Å². The van der Waals surface area contributed by atoms with E-state index in [1.807, 2.05) is 42.5 Å². The Balaban J connectivity index is 1.29. The van der Waals surface area contributed by atoms with Gasteiger partial charge in [0.25, 0.3) is 11.8 Å². The summed E-state index contributed by atoms with van der Waals surface area (Å²) in [5, 5.41) is 8.71. The maximum atomic E-state index is 12.5. The van der Waals surface area contributed by atoms with Crippen LogP contribution < -0.4 is 16.0 Å². The van der Waals surface area contributed by atoms with Crippen LogP contribution >= 0.6 is 0 Å². The predicted molar refractivity (Wildman–Crippen MR) is 129 cm³/mol. The lowest BCUT2D eigenvalue weighted by molar-refractivity contribution is -0.119. The average molecular weight is 442 g/mol. The van der Waals surface area contributed by atoms with E-state index < -0.39 is 0 Å². The Morgan fingerprint density at radius 3 is 2.12 bits per heavy atom. The van der Waals surface area contributed by atoms with E-state index in [4.69, 9.17) is 0 Å². The first kappa shape index (κ1) is 22.3. The van der Waals surface area contributed by atoms with Gasteiger partial charge in [-0.05, 0) is 66.9 Å². The van der Waals surface area contributed by atoms with E-state index in [0.717, 1.165) is 36.9 Å². The molecule has 0 aromatic heterocycles. The Hall–Kier alpha value is -3.93. The van der Waals surface area contributed by atoms with Gasteiger partial charge in [-0.3, -0.25) is 14.4 Å². The molecule has 0 spiro atoms. The minimum atomic E-state index is -0.212. The molecule has 33 heavy (non-hydrogen) atoms. The van der Waals surface area contributed by atoms with E-state index in [-0.39, 0.29) is 23.6 Å². The second kappa shape index (κ2) is 10.6. The topological polar surface area (TPSA) is 87.3 Å². The number of amides is 3. The van der Waals surface area contributed by atoms with Crippen LogP contribution in [0.3, 0.4) is 0 Å². The molecule has 168 valence electrons. The molecule has 0 heterocycles. The zero-order valence-electron chi connectivity index (χ0n) is 18.3. The van der Waals surface area contributed by atoms with Crippen molar-refractivity contribution in [2.24, 2.45) is 5.92 Å². The molecule has 1 aliphatic carbocycles. The third kappa shape index (κ3) is 6.07. The number of rotatable bonds is 7. The smallest absolute Gasteiger partial charge is 0.255 e. The van der Waals surface area contributed by atoms with Gasteiger partial charge in [-0.15, -0.1) is 0 Å². The number of carbonyl (C=O) groups is 3. The molecule has 0 atom stereocenters. The van der Waals surface area contributed by atoms with Crippen LogP contribution in [0.1, 0.15) is 52.0 Å². The highest BCUT2D eigenvalue weighted by atomic mass is 16.2. The first-order valence-electron chi connectivity index (χ1n) is 11.2. The van der Waals surface area contributed by atoms with Crippen LogP contribution in [0, 0.1) is 5.92 Å². The molecule has 1 aliphatic rings. The molecular weight excluding hydrogens is 414 g/mol. The van der Waals surface area contributed by atoms with Crippen molar-refractivity contribution >= 4 is 29.1 Å². The monoisotopic (exact) mass is 441 g/mol. The van der Waals surface area contributed by atoms with E-state index in [0.29, 0.717) is 23.4 Å². The average Bonchev–Trinajstić information content (AvgIpc) is 3.39. The van der Waals surface area contributed by atoms with Crippen molar-refractivity contribution in [1.82, 2.24) is 5.32 Å². The molecule has 1 saturated carbocycles. The fraction of sp³-hybridized carbons (Fsp3) is 0.222. The van der Waals surface area contributed by atoms with Crippen molar-refractivity contribution in [3.8, 4) is 0 Å². The fourth-order valence-corrected chi connectivity index (χ4v) is 3.97. The molecule has 3 aromatic carbocycles. The summed E-state index contributed by atoms with van der Waals surface area (Å²) in [6.45, 7) is 0.346. The molecule has 3 amide bonds. The summed E-state index contributed by atoms with van der Waals surface area (Å²) in [5.41, 5.74) is 3.34. The van der Waals surface area contributed by atoms with Crippen molar-refractivity contribution in [2.45, 2.75) is 32.2 Å². The highest BCUT2D eigenvalue weighted by Crippen LogP contribution is 2.26. The van der Waals surface area contributed by atoms with Crippen LogP contribution in [0.5, 0.6) is 0 Å². The summed E-state index contributed by atoms with van der Waals surface area (Å²) in [5.74, 6) is -0.231. The largest absolute Gasteiger partial charge is 0.348 e. The zero-order valence-corrected chi connectivity index (χ0v) is 18.3. The van der Waals surface area contributed by atoms with Crippen LogP contribution in [0.2, 0.25) is 0 Å². The molecule has 3 aromatic rings. The molecule has 0 bridgehead atoms. The molecule has 0 radical (unpaired) electrons. The molecule has 6 nitrogen and oxygen atoms in total. The molecule has 0 saturated heterocycles. The van der Waals surface area contributed by atoms with Crippen molar-refractivity contribution in [2.75, 3.05) is 10.6 Å². The Kier molecular flexibility index (Phi) is 7.15. The normalized spacial score (nSPS) is 13.3. The van der Waals surface area contributed by atoms with Gasteiger partial charge in [-0.1, -0.05) is 43.2 Å². The van der Waals surface area contributed by atoms with E-state index >= 15 is 0 Å². The van der Waals surface area contributed by atoms with E-state index in [9.17, 15) is 14.4 Å². The van der Waals surface area contributed by atoms with E-state index in [1.54, 1.807) is 36.4 Å². The number of anilines is 2. The summed E-state index contributed by atoms with van der Waals surface area (Å²) < 4.78 is 0. The van der Waals surface area contributed by atoms with Gasteiger partial charge in [0.1, 0.15) is 0 Å². The summed E-state index contributed by atoms with van der Waals surface area (Å²) in [6, 6.07) is 23.2. The minimum absolute atomic E-state index is 0.0770. The second-order valence-electron chi connectivity index (χ2n) is 8.25. The Morgan fingerprint density at radius 1 is 0.697 bits per heavy atom. The van der Waals surface area contributed by atoms with Crippen LogP contribution in [0.15, 0.2) is 78.9 Å². The maximum absolute atomic E-state index is 12.5. The SMILES string of the molecule is O=C(NCc1cccc(NC(=O)C2CCCC2)c1)c1ccc(NC(=O)c2ccccc2)cc1. The Bertz CT molecular complexity index is 1120. The number of benzene rings is 3. The van der Waals surface area contributed by atoms with Crippen LogP contribution in [-0.4, -0.2) is 17.7 Å². The van der Waals surface area contributed by atoms with E-state index in [1.165, 1.54) is 0 Å². The number of nitrogens with one attached hydrogen (secondary N) is 3. The summed E-state index contributed by atoms with van der Waals surface area (Å²) in [4.78, 5) is 37.1. The van der Waals surface area contributed by atoms with Crippen molar-refractivity contribution in [1.29, 1.82) is 0 Å². The lowest BCUT2D eigenvalue weighted by Crippen LogP contribution is -2.23. The van der Waals surface area contributed by atoms with Crippen molar-refractivity contribution < 1.29 is 14.4 Å². The first-order valence-corrected chi connectivity index (χ1v) is 11.2. The third-order valence-electron chi connectivity index (χ3n) is 5.81. The van der Waals surface area contributed by atoms with Gasteiger partial charge in [0.05, 0.1) is 0 Å². The van der Waals surface area contributed by atoms with Crippen molar-refractivity contribution in [3.63, 3.8) is 0 Å². The molecule has 0 unspecified atom stereocenters. The fourth-order valence-electron chi connectivity index (χ4n) is 3.97. The van der Waals surface area contributed by atoms with Gasteiger partial charge in [0.2, 0.25) is 5.91 Å². The van der Waals surface area contributed by atoms with Gasteiger partial charge in [-0.25, -0.2) is 0 Å². The minimum Gasteiger partial charge on any atom is -0.348 e. The Morgan fingerprint density at radius 2 is 1.39 bits per heavy atom. The molecule has 1 fully saturated rings. The van der Waals surface area contributed by atoms with Gasteiger partial charge < -0.3 is 16.0 Å². The summed E-state index contributed by atoms with van der Waals surface area (Å²) in [7, 11) is 0. The molecule has 3 N–H and O–H groups in total.